The Balaban J connectivity index is 4.90. The van der Waals surface area contributed by atoms with Crippen molar-refractivity contribution in [3.63, 3.8) is 0 Å². The number of carboxylic acid groups (broad SMARTS) is 1. The fourth-order valence-corrected chi connectivity index (χ4v) is 2.31. The van der Waals surface area contributed by atoms with Crippen LogP contribution in [0.15, 0.2) is 0 Å². The number of hydrogen-bond donors (Lipinski definition) is 1. The fourth-order valence-electron chi connectivity index (χ4n) is 2.31. The van der Waals surface area contributed by atoms with Gasteiger partial charge in [-0.05, 0) is 12.8 Å². The molecule has 0 saturated carbocycles. The summed E-state index contributed by atoms with van der Waals surface area (Å²) in [6.45, 7) is 2.37. The first kappa shape index (κ1) is 20.9. The van der Waals surface area contributed by atoms with Crippen LogP contribution >= 0.6 is 0 Å². The van der Waals surface area contributed by atoms with E-state index in [1.165, 1.54) is 0 Å². The normalized spacial score (nSPS) is 14.4. The average molecular weight is 317 g/mol. The van der Waals surface area contributed by atoms with Crippen LogP contribution in [-0.2, 0) is 14.3 Å². The molecule has 0 spiro atoms. The molecule has 6 heteroatoms. The van der Waals surface area contributed by atoms with Gasteiger partial charge in [-0.25, -0.2) is 0 Å². The molecule has 130 valence electrons. The molecule has 0 saturated heterocycles. The molecular weight excluding hydrogens is 286 g/mol. The van der Waals surface area contributed by atoms with Crippen molar-refractivity contribution in [2.45, 2.75) is 51.6 Å². The van der Waals surface area contributed by atoms with Crippen LogP contribution in [0.25, 0.3) is 0 Å². The summed E-state index contributed by atoms with van der Waals surface area (Å²) in [6.07, 6.45) is 2.88. The number of nitrogens with zero attached hydrogens (tertiary/aromatic N) is 1. The molecule has 0 rings (SSSR count). The number of quaternary nitrogens is 1. The van der Waals surface area contributed by atoms with Gasteiger partial charge in [-0.2, -0.15) is 0 Å². The van der Waals surface area contributed by atoms with Crippen LogP contribution in [0.3, 0.4) is 0 Å². The van der Waals surface area contributed by atoms with Crippen molar-refractivity contribution in [3.05, 3.63) is 0 Å². The Morgan fingerprint density at radius 2 is 1.82 bits per heavy atom. The standard InChI is InChI=1S/C16H31NO5/c1-5-6-7-9-13(16(20)21)14(12-17(2,3)4)22-15(19)10-8-11-18/h13-14,18H,5-12H2,1-4H3. The molecule has 1 N–H and O–H groups in total. The smallest absolute Gasteiger partial charge is 0.306 e. The zero-order chi connectivity index (χ0) is 17.2. The molecular formula is C16H31NO5. The van der Waals surface area contributed by atoms with Crippen molar-refractivity contribution in [1.82, 2.24) is 0 Å². The molecule has 6 nitrogen and oxygen atoms in total. The molecule has 22 heavy (non-hydrogen) atoms. The zero-order valence-electron chi connectivity index (χ0n) is 14.3. The molecule has 0 amide bonds. The number of likely N-dealkylation sites (N-methyl/N-ethyl adjacent to an activating group) is 1. The lowest BCUT2D eigenvalue weighted by atomic mass is 9.94. The summed E-state index contributed by atoms with van der Waals surface area (Å²) in [7, 11) is 5.77. The molecule has 0 aliphatic heterocycles. The molecule has 2 atom stereocenters. The first-order valence-electron chi connectivity index (χ1n) is 8.03. The molecule has 2 unspecified atom stereocenters. The molecule has 0 aromatic heterocycles. The largest absolute Gasteiger partial charge is 0.550 e. The predicted molar refractivity (Wildman–Crippen MR) is 81.7 cm³/mol. The Bertz CT molecular complexity index is 338. The molecule has 0 aliphatic carbocycles. The third-order valence-corrected chi connectivity index (χ3v) is 3.42. The number of rotatable bonds is 12. The summed E-state index contributed by atoms with van der Waals surface area (Å²) in [5.41, 5.74) is 0. The molecule has 0 aromatic carbocycles. The second-order valence-electron chi connectivity index (χ2n) is 6.75. The van der Waals surface area contributed by atoms with E-state index in [0.29, 0.717) is 23.9 Å². The van der Waals surface area contributed by atoms with Gasteiger partial charge in [-0.3, -0.25) is 4.79 Å². The second kappa shape index (κ2) is 10.6. The van der Waals surface area contributed by atoms with Crippen molar-refractivity contribution in [1.29, 1.82) is 0 Å². The molecule has 0 radical (unpaired) electrons. The summed E-state index contributed by atoms with van der Waals surface area (Å²) >= 11 is 0. The van der Waals surface area contributed by atoms with Gasteiger partial charge in [0, 0.05) is 24.9 Å². The number of carbonyl (C=O) groups is 2. The van der Waals surface area contributed by atoms with Gasteiger partial charge in [0.15, 0.2) is 6.10 Å². The van der Waals surface area contributed by atoms with Crippen molar-refractivity contribution < 1.29 is 29.0 Å². The third-order valence-electron chi connectivity index (χ3n) is 3.42. The summed E-state index contributed by atoms with van der Waals surface area (Å²) in [6, 6.07) is 0. The molecule has 0 heterocycles. The zero-order valence-corrected chi connectivity index (χ0v) is 14.3. The monoisotopic (exact) mass is 317 g/mol. The van der Waals surface area contributed by atoms with Gasteiger partial charge in [-0.15, -0.1) is 0 Å². The Morgan fingerprint density at radius 1 is 1.18 bits per heavy atom. The van der Waals surface area contributed by atoms with Crippen molar-refractivity contribution in [2.75, 3.05) is 34.3 Å². The van der Waals surface area contributed by atoms with Crippen LogP contribution in [0.4, 0.5) is 0 Å². The summed E-state index contributed by atoms with van der Waals surface area (Å²) in [5.74, 6) is -2.42. The fraction of sp³-hybridized carbons (Fsp3) is 0.875. The number of carboxylic acids is 1. The maximum atomic E-state index is 11.8. The number of hydrogen-bond acceptors (Lipinski definition) is 5. The van der Waals surface area contributed by atoms with E-state index in [1.54, 1.807) is 0 Å². The lowest BCUT2D eigenvalue weighted by molar-refractivity contribution is -0.873. The van der Waals surface area contributed by atoms with Gasteiger partial charge in [0.2, 0.25) is 0 Å². The molecule has 0 aromatic rings. The van der Waals surface area contributed by atoms with Gasteiger partial charge in [0.1, 0.15) is 6.54 Å². The Hall–Kier alpha value is -1.14. The molecule has 0 fully saturated rings. The maximum absolute atomic E-state index is 11.8. The minimum Gasteiger partial charge on any atom is -0.550 e. The van der Waals surface area contributed by atoms with Crippen LogP contribution in [-0.4, -0.2) is 61.9 Å². The van der Waals surface area contributed by atoms with Gasteiger partial charge < -0.3 is 24.2 Å². The number of carbonyl (C=O) groups excluding carboxylic acids is 2. The number of ether oxygens (including phenoxy) is 1. The van der Waals surface area contributed by atoms with E-state index in [-0.39, 0.29) is 13.0 Å². The van der Waals surface area contributed by atoms with Gasteiger partial charge >= 0.3 is 5.97 Å². The van der Waals surface area contributed by atoms with Crippen LogP contribution in [0.2, 0.25) is 0 Å². The Kier molecular flexibility index (Phi) is 10.0. The van der Waals surface area contributed by atoms with Crippen molar-refractivity contribution >= 4 is 11.9 Å². The number of aliphatic hydroxyl groups excluding tert-OH is 1. The number of aliphatic carboxylic acids is 1. The van der Waals surface area contributed by atoms with E-state index in [9.17, 15) is 14.7 Å². The van der Waals surface area contributed by atoms with Crippen molar-refractivity contribution in [2.24, 2.45) is 5.92 Å². The van der Waals surface area contributed by atoms with Gasteiger partial charge in [-0.1, -0.05) is 26.2 Å². The highest BCUT2D eigenvalue weighted by molar-refractivity contribution is 5.72. The highest BCUT2D eigenvalue weighted by Crippen LogP contribution is 2.19. The maximum Gasteiger partial charge on any atom is 0.306 e. The molecule has 0 bridgehead atoms. The van der Waals surface area contributed by atoms with Crippen molar-refractivity contribution in [3.8, 4) is 0 Å². The SMILES string of the molecule is CCCCCC(C(=O)[O-])C(C[N+](C)(C)C)OC(=O)CCCO. The quantitative estimate of drug-likeness (QED) is 0.318. The third kappa shape index (κ3) is 9.73. The topological polar surface area (TPSA) is 86.7 Å². The van der Waals surface area contributed by atoms with Gasteiger partial charge in [0.25, 0.3) is 0 Å². The van der Waals surface area contributed by atoms with E-state index in [1.807, 2.05) is 28.1 Å². The Morgan fingerprint density at radius 3 is 2.27 bits per heavy atom. The van der Waals surface area contributed by atoms with E-state index in [2.05, 4.69) is 0 Å². The number of aliphatic hydroxyl groups is 1. The molecule has 0 aliphatic rings. The first-order valence-corrected chi connectivity index (χ1v) is 8.03. The highest BCUT2D eigenvalue weighted by Gasteiger charge is 2.31. The minimum atomic E-state index is -1.16. The Labute approximate surface area is 133 Å². The summed E-state index contributed by atoms with van der Waals surface area (Å²) in [4.78, 5) is 23.3. The minimum absolute atomic E-state index is 0.0878. The highest BCUT2D eigenvalue weighted by atomic mass is 16.5. The van der Waals surface area contributed by atoms with E-state index >= 15 is 0 Å². The number of unbranched alkanes of at least 4 members (excludes halogenated alkanes) is 2. The summed E-state index contributed by atoms with van der Waals surface area (Å²) in [5, 5.41) is 20.2. The van der Waals surface area contributed by atoms with Crippen LogP contribution in [0, 0.1) is 5.92 Å². The lowest BCUT2D eigenvalue weighted by Crippen LogP contribution is -2.50. The predicted octanol–water partition coefficient (Wildman–Crippen LogP) is 0.323. The average Bonchev–Trinajstić information content (AvgIpc) is 2.38. The number of esters is 1. The van der Waals surface area contributed by atoms with E-state index in [4.69, 9.17) is 9.84 Å². The van der Waals surface area contributed by atoms with Crippen LogP contribution < -0.4 is 5.11 Å². The lowest BCUT2D eigenvalue weighted by Gasteiger charge is -2.34. The van der Waals surface area contributed by atoms with E-state index < -0.39 is 24.0 Å². The first-order chi connectivity index (χ1) is 10.2. The summed E-state index contributed by atoms with van der Waals surface area (Å²) < 4.78 is 5.89. The van der Waals surface area contributed by atoms with Gasteiger partial charge in [0.05, 0.1) is 21.1 Å². The second-order valence-corrected chi connectivity index (χ2v) is 6.75. The van der Waals surface area contributed by atoms with Crippen LogP contribution in [0.1, 0.15) is 45.4 Å². The van der Waals surface area contributed by atoms with E-state index in [0.717, 1.165) is 19.3 Å². The van der Waals surface area contributed by atoms with Crippen LogP contribution in [0.5, 0.6) is 0 Å².